The van der Waals surface area contributed by atoms with Gasteiger partial charge in [0.2, 0.25) is 0 Å². The predicted molar refractivity (Wildman–Crippen MR) is 181 cm³/mol. The van der Waals surface area contributed by atoms with E-state index >= 15 is 0 Å². The van der Waals surface area contributed by atoms with E-state index in [4.69, 9.17) is 9.47 Å². The molecular formula is C36H58O4Sn2. The number of ether oxygens (including phenoxy) is 2. The van der Waals surface area contributed by atoms with Crippen LogP contribution in [0.2, 0.25) is 17.7 Å². The van der Waals surface area contributed by atoms with Gasteiger partial charge in [0, 0.05) is 12.8 Å². The van der Waals surface area contributed by atoms with Gasteiger partial charge in [-0.1, -0.05) is 60.7 Å². The largest absolute Gasteiger partial charge is 0.461 e. The normalized spacial score (nSPS) is 10.1. The monoisotopic (exact) mass is 794 g/mol. The molecule has 0 aromatic heterocycles. The van der Waals surface area contributed by atoms with Crippen molar-refractivity contribution in [2.45, 2.75) is 136 Å². The van der Waals surface area contributed by atoms with Gasteiger partial charge >= 0.3 is 151 Å². The van der Waals surface area contributed by atoms with Crippen LogP contribution >= 0.6 is 0 Å². The SMILES string of the molecule is CCCCC[CH2][Sn][CH2]C.CCCCC[CH2][Sn][CH2]C.O=C(CCCCC(=O)OCc1ccccc1)OCc1ccccc1. The first-order chi connectivity index (χ1) is 20.6. The smallest absolute Gasteiger partial charge is 0.306 e. The van der Waals surface area contributed by atoms with E-state index in [2.05, 4.69) is 27.7 Å². The van der Waals surface area contributed by atoms with Gasteiger partial charge in [-0.25, -0.2) is 0 Å². The topological polar surface area (TPSA) is 52.6 Å². The molecule has 0 unspecified atom stereocenters. The molecule has 0 amide bonds. The molecule has 42 heavy (non-hydrogen) atoms. The average Bonchev–Trinajstić information content (AvgIpc) is 3.03. The minimum atomic E-state index is -0.239. The van der Waals surface area contributed by atoms with Gasteiger partial charge in [-0.3, -0.25) is 9.59 Å². The molecule has 4 radical (unpaired) electrons. The van der Waals surface area contributed by atoms with Crippen LogP contribution in [0.25, 0.3) is 0 Å². The Labute approximate surface area is 278 Å². The van der Waals surface area contributed by atoms with Crippen LogP contribution in [0.1, 0.15) is 116 Å². The molecule has 2 aromatic rings. The zero-order valence-corrected chi connectivity index (χ0v) is 32.8. The summed E-state index contributed by atoms with van der Waals surface area (Å²) < 4.78 is 16.7. The maximum Gasteiger partial charge on any atom is 0.306 e. The number of carbonyl (C=O) groups excluding carboxylic acids is 2. The minimum Gasteiger partial charge on any atom is -0.461 e. The molecular weight excluding hydrogens is 734 g/mol. The standard InChI is InChI=1S/C20H22O4.2C6H13.2C2H5.2Sn/c21-19(23-15-17-9-3-1-4-10-17)13-7-8-14-20(22)24-16-18-11-5-2-6-12-18;2*1-3-5-6-4-2;2*1-2;;/h1-6,9-12H,7-8,13-16H2;2*1,3-6H2,2H3;2*1H2,2H3;;. The van der Waals surface area contributed by atoms with E-state index in [0.717, 1.165) is 11.1 Å². The first-order valence-electron chi connectivity index (χ1n) is 16.4. The summed E-state index contributed by atoms with van der Waals surface area (Å²) in [6.45, 7) is 9.81. The zero-order valence-electron chi connectivity index (χ0n) is 27.1. The molecule has 234 valence electrons. The minimum absolute atomic E-state index is 0.161. The second-order valence-corrected chi connectivity index (χ2v) is 20.1. The summed E-state index contributed by atoms with van der Waals surface area (Å²) in [6, 6.07) is 19.1. The summed E-state index contributed by atoms with van der Waals surface area (Å²) in [6.07, 6.45) is 13.6. The third-order valence-corrected chi connectivity index (χ3v) is 13.3. The molecule has 2 aromatic carbocycles. The van der Waals surface area contributed by atoms with Crippen molar-refractivity contribution in [2.24, 2.45) is 0 Å². The van der Waals surface area contributed by atoms with Gasteiger partial charge in [0.1, 0.15) is 13.2 Å². The van der Waals surface area contributed by atoms with Crippen molar-refractivity contribution < 1.29 is 19.1 Å². The van der Waals surface area contributed by atoms with E-state index in [0.29, 0.717) is 38.9 Å². The quantitative estimate of drug-likeness (QED) is 0.0718. The average molecular weight is 792 g/mol. The Hall–Kier alpha value is -1.02. The Kier molecular flexibility index (Phi) is 32.1. The Morgan fingerprint density at radius 1 is 0.524 bits per heavy atom. The maximum absolute atomic E-state index is 11.6. The number of rotatable bonds is 21. The van der Waals surface area contributed by atoms with Crippen molar-refractivity contribution in [3.63, 3.8) is 0 Å². The first kappa shape index (κ1) is 41.0. The van der Waals surface area contributed by atoms with Gasteiger partial charge in [-0.15, -0.1) is 0 Å². The number of carbonyl (C=O) groups is 2. The summed E-state index contributed by atoms with van der Waals surface area (Å²) in [7, 11) is 0. The van der Waals surface area contributed by atoms with E-state index in [1.54, 1.807) is 8.87 Å². The Balaban J connectivity index is 0.000000768. The van der Waals surface area contributed by atoms with Gasteiger partial charge < -0.3 is 9.47 Å². The molecule has 2 rings (SSSR count). The van der Waals surface area contributed by atoms with Crippen LogP contribution in [-0.2, 0) is 32.3 Å². The van der Waals surface area contributed by atoms with E-state index in [9.17, 15) is 9.59 Å². The van der Waals surface area contributed by atoms with Crippen LogP contribution in [0.15, 0.2) is 60.7 Å². The Morgan fingerprint density at radius 2 is 0.905 bits per heavy atom. The van der Waals surface area contributed by atoms with Gasteiger partial charge in [-0.2, -0.15) is 0 Å². The maximum atomic E-state index is 11.6. The fourth-order valence-electron chi connectivity index (χ4n) is 3.87. The Bertz CT molecular complexity index is 762. The third kappa shape index (κ3) is 29.1. The van der Waals surface area contributed by atoms with Crippen molar-refractivity contribution in [2.75, 3.05) is 0 Å². The fourth-order valence-corrected chi connectivity index (χ4v) is 8.74. The second kappa shape index (κ2) is 32.9. The van der Waals surface area contributed by atoms with Crippen LogP contribution < -0.4 is 0 Å². The number of unbranched alkanes of at least 4 members (excludes halogenated alkanes) is 7. The molecule has 0 heterocycles. The number of hydrogen-bond donors (Lipinski definition) is 0. The Morgan fingerprint density at radius 3 is 1.24 bits per heavy atom. The summed E-state index contributed by atoms with van der Waals surface area (Å²) in [5.41, 5.74) is 1.94. The number of esters is 2. The van der Waals surface area contributed by atoms with Crippen LogP contribution in [-0.4, -0.2) is 54.2 Å². The van der Waals surface area contributed by atoms with E-state index in [-0.39, 0.29) is 54.2 Å². The van der Waals surface area contributed by atoms with Crippen LogP contribution in [0, 0.1) is 0 Å². The summed E-state index contributed by atoms with van der Waals surface area (Å²) in [5.74, 6) is -0.479. The van der Waals surface area contributed by atoms with Gasteiger partial charge in [0.15, 0.2) is 0 Å². The molecule has 0 saturated carbocycles. The van der Waals surface area contributed by atoms with Crippen LogP contribution in [0.4, 0.5) is 0 Å². The molecule has 4 nitrogen and oxygen atoms in total. The molecule has 0 atom stereocenters. The van der Waals surface area contributed by atoms with Crippen molar-refractivity contribution >= 4 is 54.2 Å². The first-order valence-corrected chi connectivity index (χ1v) is 24.4. The molecule has 0 saturated heterocycles. The predicted octanol–water partition coefficient (Wildman–Crippen LogP) is 10.3. The third-order valence-electron chi connectivity index (χ3n) is 6.41. The summed E-state index contributed by atoms with van der Waals surface area (Å²) in [4.78, 5) is 23.3. The molecule has 0 aliphatic rings. The summed E-state index contributed by atoms with van der Waals surface area (Å²) in [5, 5.41) is 0. The van der Waals surface area contributed by atoms with E-state index in [1.165, 1.54) is 60.2 Å². The number of hydrogen-bond acceptors (Lipinski definition) is 4. The molecule has 0 aliphatic carbocycles. The fraction of sp³-hybridized carbons (Fsp3) is 0.611. The van der Waals surface area contributed by atoms with E-state index < -0.39 is 0 Å². The van der Waals surface area contributed by atoms with Crippen molar-refractivity contribution in [3.05, 3.63) is 71.8 Å². The molecule has 0 bridgehead atoms. The molecule has 0 fully saturated rings. The number of benzene rings is 2. The molecule has 0 N–H and O–H groups in total. The van der Waals surface area contributed by atoms with Crippen molar-refractivity contribution in [3.8, 4) is 0 Å². The van der Waals surface area contributed by atoms with E-state index in [1.807, 2.05) is 60.7 Å². The molecule has 0 spiro atoms. The van der Waals surface area contributed by atoms with Gasteiger partial charge in [0.05, 0.1) is 0 Å². The van der Waals surface area contributed by atoms with Gasteiger partial charge in [-0.05, 0) is 24.0 Å². The zero-order chi connectivity index (χ0) is 30.9. The second-order valence-electron chi connectivity index (χ2n) is 10.3. The van der Waals surface area contributed by atoms with Crippen LogP contribution in [0.5, 0.6) is 0 Å². The van der Waals surface area contributed by atoms with Crippen molar-refractivity contribution in [1.29, 1.82) is 0 Å². The molecule has 0 aliphatic heterocycles. The van der Waals surface area contributed by atoms with Crippen molar-refractivity contribution in [1.82, 2.24) is 0 Å². The molecule has 6 heteroatoms. The summed E-state index contributed by atoms with van der Waals surface area (Å²) >= 11 is 0.321. The van der Waals surface area contributed by atoms with Gasteiger partial charge in [0.25, 0.3) is 0 Å². The van der Waals surface area contributed by atoms with Crippen LogP contribution in [0.3, 0.4) is 0 Å².